The van der Waals surface area contributed by atoms with Crippen molar-refractivity contribution in [1.29, 1.82) is 0 Å². The highest BCUT2D eigenvalue weighted by molar-refractivity contribution is 5.83. The van der Waals surface area contributed by atoms with Gasteiger partial charge in [-0.15, -0.1) is 0 Å². The molecule has 5 rings (SSSR count). The van der Waals surface area contributed by atoms with E-state index in [0.717, 1.165) is 11.1 Å². The molecule has 146 valence electrons. The van der Waals surface area contributed by atoms with Crippen molar-refractivity contribution in [2.24, 2.45) is 23.2 Å². The largest absolute Gasteiger partial charge is 0.481 e. The standard InChI is InChI=1S/C24H26O4/c1-23(2)14-24(16-11-7-4-8-12-16)13-17(15-9-5-3-6-10-15)19(23)18(21(25)26)20(24)22(27)28/h3-12,17-20H,13-14H2,1-2H3,(H,25,26)(H,27,28)/t17-,18-,19+,20+,24-/m0/s1. The second-order valence-electron chi connectivity index (χ2n) is 9.11. The van der Waals surface area contributed by atoms with Crippen molar-refractivity contribution >= 4 is 11.9 Å². The third-order valence-corrected chi connectivity index (χ3v) is 7.16. The Labute approximate surface area is 165 Å². The van der Waals surface area contributed by atoms with E-state index < -0.39 is 29.2 Å². The Kier molecular flexibility index (Phi) is 4.33. The summed E-state index contributed by atoms with van der Waals surface area (Å²) in [4.78, 5) is 24.9. The summed E-state index contributed by atoms with van der Waals surface area (Å²) in [6.07, 6.45) is 1.34. The van der Waals surface area contributed by atoms with Gasteiger partial charge in [0.2, 0.25) is 0 Å². The summed E-state index contributed by atoms with van der Waals surface area (Å²) in [5, 5.41) is 20.3. The monoisotopic (exact) mass is 378 g/mol. The van der Waals surface area contributed by atoms with Crippen molar-refractivity contribution in [1.82, 2.24) is 0 Å². The number of carbonyl (C=O) groups is 2. The van der Waals surface area contributed by atoms with E-state index in [-0.39, 0.29) is 17.3 Å². The van der Waals surface area contributed by atoms with Crippen LogP contribution in [0.1, 0.15) is 43.7 Å². The molecule has 0 amide bonds. The van der Waals surface area contributed by atoms with E-state index in [4.69, 9.17) is 0 Å². The van der Waals surface area contributed by atoms with Gasteiger partial charge in [-0.1, -0.05) is 74.5 Å². The highest BCUT2D eigenvalue weighted by Gasteiger charge is 2.68. The summed E-state index contributed by atoms with van der Waals surface area (Å²) in [7, 11) is 0. The molecule has 0 spiro atoms. The molecule has 5 atom stereocenters. The predicted octanol–water partition coefficient (Wildman–Crippen LogP) is 4.56. The second kappa shape index (κ2) is 6.47. The molecule has 2 aromatic carbocycles. The predicted molar refractivity (Wildman–Crippen MR) is 106 cm³/mol. The van der Waals surface area contributed by atoms with Gasteiger partial charge in [-0.05, 0) is 41.2 Å². The molecule has 4 heteroatoms. The van der Waals surface area contributed by atoms with Gasteiger partial charge in [0, 0.05) is 5.41 Å². The number of hydrogen-bond acceptors (Lipinski definition) is 2. The van der Waals surface area contributed by atoms with Crippen LogP contribution in [0.25, 0.3) is 0 Å². The Balaban J connectivity index is 1.98. The maximum Gasteiger partial charge on any atom is 0.308 e. The van der Waals surface area contributed by atoms with Gasteiger partial charge < -0.3 is 10.2 Å². The van der Waals surface area contributed by atoms with Gasteiger partial charge in [0.05, 0.1) is 11.8 Å². The summed E-state index contributed by atoms with van der Waals surface area (Å²) in [5.41, 5.74) is 1.06. The zero-order valence-corrected chi connectivity index (χ0v) is 16.2. The fraction of sp³-hybridized carbons (Fsp3) is 0.417. The third-order valence-electron chi connectivity index (χ3n) is 7.16. The minimum absolute atomic E-state index is 0.0156. The van der Waals surface area contributed by atoms with Gasteiger partial charge in [-0.2, -0.15) is 0 Å². The van der Waals surface area contributed by atoms with Gasteiger partial charge >= 0.3 is 11.9 Å². The van der Waals surface area contributed by atoms with Crippen LogP contribution < -0.4 is 0 Å². The van der Waals surface area contributed by atoms with E-state index in [1.54, 1.807) is 0 Å². The van der Waals surface area contributed by atoms with Crippen LogP contribution >= 0.6 is 0 Å². The zero-order chi connectivity index (χ0) is 20.1. The molecule has 3 fully saturated rings. The number of fused-ring (bicyclic) bond motifs is 3. The second-order valence-corrected chi connectivity index (χ2v) is 9.11. The SMILES string of the molecule is CC1(C)C[C@]2(c3ccccc3)C[C@@H](c3ccccc3)[C@@H]1[C@H](C(=O)O)[C@@H]2C(=O)O. The molecule has 3 aliphatic rings. The van der Waals surface area contributed by atoms with E-state index in [1.807, 2.05) is 48.5 Å². The third kappa shape index (κ3) is 2.66. The van der Waals surface area contributed by atoms with Gasteiger partial charge in [-0.3, -0.25) is 9.59 Å². The maximum atomic E-state index is 12.4. The van der Waals surface area contributed by atoms with Crippen molar-refractivity contribution in [3.8, 4) is 0 Å². The lowest BCUT2D eigenvalue weighted by Gasteiger charge is -2.64. The van der Waals surface area contributed by atoms with Crippen LogP contribution in [0.4, 0.5) is 0 Å². The molecule has 0 radical (unpaired) electrons. The normalized spacial score (nSPS) is 33.4. The van der Waals surface area contributed by atoms with Crippen LogP contribution in [0.15, 0.2) is 60.7 Å². The summed E-state index contributed by atoms with van der Waals surface area (Å²) < 4.78 is 0. The smallest absolute Gasteiger partial charge is 0.308 e. The summed E-state index contributed by atoms with van der Waals surface area (Å²) in [6.45, 7) is 4.22. The lowest BCUT2D eigenvalue weighted by atomic mass is 9.38. The molecule has 3 saturated carbocycles. The van der Waals surface area contributed by atoms with Gasteiger partial charge in [0.25, 0.3) is 0 Å². The lowest BCUT2D eigenvalue weighted by Crippen LogP contribution is -2.64. The van der Waals surface area contributed by atoms with E-state index in [1.165, 1.54) is 0 Å². The van der Waals surface area contributed by atoms with Crippen LogP contribution in [-0.2, 0) is 15.0 Å². The first-order valence-electron chi connectivity index (χ1n) is 9.84. The highest BCUT2D eigenvalue weighted by atomic mass is 16.4. The van der Waals surface area contributed by atoms with Gasteiger partial charge in [0.15, 0.2) is 0 Å². The number of carboxylic acid groups (broad SMARTS) is 2. The topological polar surface area (TPSA) is 74.6 Å². The molecule has 0 aromatic heterocycles. The molecule has 2 N–H and O–H groups in total. The van der Waals surface area contributed by atoms with Crippen LogP contribution in [-0.4, -0.2) is 22.2 Å². The first kappa shape index (κ1) is 18.7. The average molecular weight is 378 g/mol. The van der Waals surface area contributed by atoms with E-state index >= 15 is 0 Å². The number of carboxylic acids is 2. The number of rotatable bonds is 4. The molecule has 2 aromatic rings. The Morgan fingerprint density at radius 3 is 2.00 bits per heavy atom. The van der Waals surface area contributed by atoms with Crippen molar-refractivity contribution in [2.45, 2.75) is 38.0 Å². The van der Waals surface area contributed by atoms with Crippen LogP contribution in [0, 0.1) is 23.2 Å². The van der Waals surface area contributed by atoms with Crippen LogP contribution in [0.3, 0.4) is 0 Å². The quantitative estimate of drug-likeness (QED) is 0.818. The summed E-state index contributed by atoms with van der Waals surface area (Å²) >= 11 is 0. The molecule has 0 aliphatic heterocycles. The summed E-state index contributed by atoms with van der Waals surface area (Å²) in [6, 6.07) is 19.7. The zero-order valence-electron chi connectivity index (χ0n) is 16.2. The first-order valence-corrected chi connectivity index (χ1v) is 9.84. The number of aliphatic carboxylic acids is 2. The van der Waals surface area contributed by atoms with Crippen molar-refractivity contribution < 1.29 is 19.8 Å². The average Bonchev–Trinajstić information content (AvgIpc) is 2.67. The van der Waals surface area contributed by atoms with Gasteiger partial charge in [-0.25, -0.2) is 0 Å². The first-order chi connectivity index (χ1) is 13.3. The molecule has 3 aliphatic carbocycles. The van der Waals surface area contributed by atoms with Crippen molar-refractivity contribution in [3.63, 3.8) is 0 Å². The van der Waals surface area contributed by atoms with Gasteiger partial charge in [0.1, 0.15) is 0 Å². The van der Waals surface area contributed by atoms with E-state index in [2.05, 4.69) is 26.0 Å². The Bertz CT molecular complexity index is 889. The Morgan fingerprint density at radius 2 is 1.46 bits per heavy atom. The van der Waals surface area contributed by atoms with E-state index in [9.17, 15) is 19.8 Å². The fourth-order valence-electron chi connectivity index (χ4n) is 6.47. The molecule has 0 unspecified atom stereocenters. The van der Waals surface area contributed by atoms with Crippen LogP contribution in [0.5, 0.6) is 0 Å². The molecular formula is C24H26O4. The maximum absolute atomic E-state index is 12.4. The molecule has 0 heterocycles. The number of benzene rings is 2. The minimum Gasteiger partial charge on any atom is -0.481 e. The lowest BCUT2D eigenvalue weighted by molar-refractivity contribution is -0.182. The van der Waals surface area contributed by atoms with Crippen LogP contribution in [0.2, 0.25) is 0 Å². The Hall–Kier alpha value is -2.62. The minimum atomic E-state index is -0.997. The fourth-order valence-corrected chi connectivity index (χ4v) is 6.47. The van der Waals surface area contributed by atoms with Crippen molar-refractivity contribution in [2.75, 3.05) is 0 Å². The highest BCUT2D eigenvalue weighted by Crippen LogP contribution is 2.68. The van der Waals surface area contributed by atoms with Crippen molar-refractivity contribution in [3.05, 3.63) is 71.8 Å². The molecule has 0 saturated heterocycles. The Morgan fingerprint density at radius 1 is 0.893 bits per heavy atom. The summed E-state index contributed by atoms with van der Waals surface area (Å²) in [5.74, 6) is -4.04. The number of hydrogen-bond donors (Lipinski definition) is 2. The molecule has 2 bridgehead atoms. The molecule has 28 heavy (non-hydrogen) atoms. The van der Waals surface area contributed by atoms with E-state index in [0.29, 0.717) is 12.8 Å². The molecular weight excluding hydrogens is 352 g/mol. The molecule has 4 nitrogen and oxygen atoms in total.